The van der Waals surface area contributed by atoms with Crippen molar-refractivity contribution in [3.63, 3.8) is 0 Å². The molecule has 0 bridgehead atoms. The smallest absolute Gasteiger partial charge is 0.176 e. The van der Waals surface area contributed by atoms with Gasteiger partial charge < -0.3 is 14.6 Å². The highest BCUT2D eigenvalue weighted by atomic mass is 16.5. The molecule has 6 heteroatoms. The second-order valence-corrected chi connectivity index (χ2v) is 11.7. The molecule has 6 rings (SSSR count). The van der Waals surface area contributed by atoms with Crippen molar-refractivity contribution in [2.45, 2.75) is 53.1 Å². The van der Waals surface area contributed by atoms with E-state index in [2.05, 4.69) is 0 Å². The van der Waals surface area contributed by atoms with Gasteiger partial charge in [-0.3, -0.25) is 14.4 Å². The topological polar surface area (TPSA) is 89.9 Å². The van der Waals surface area contributed by atoms with E-state index in [1.165, 1.54) is 0 Å². The summed E-state index contributed by atoms with van der Waals surface area (Å²) in [7, 11) is 0. The number of ketones is 3. The maximum atomic E-state index is 14.1. The molecule has 0 aromatic heterocycles. The summed E-state index contributed by atoms with van der Waals surface area (Å²) >= 11 is 0. The number of ether oxygens (including phenoxy) is 2. The Kier molecular flexibility index (Phi) is 5.41. The van der Waals surface area contributed by atoms with Crippen molar-refractivity contribution in [2.24, 2.45) is 10.8 Å². The molecule has 6 nitrogen and oxygen atoms in total. The molecule has 0 amide bonds. The SMILES string of the molecule is Cc1c(O)c2c(c3c1OC1=C(C(=O)C(C)(C)C(=O)C1(C)C)C3c1ccccc1)OC(c1ccccc1)CC2=O. The van der Waals surface area contributed by atoms with E-state index in [1.807, 2.05) is 60.7 Å². The third-order valence-electron chi connectivity index (χ3n) is 8.40. The van der Waals surface area contributed by atoms with Gasteiger partial charge in [0.15, 0.2) is 17.3 Å². The highest BCUT2D eigenvalue weighted by Crippen LogP contribution is 2.60. The van der Waals surface area contributed by atoms with E-state index in [0.717, 1.165) is 11.1 Å². The number of allylic oxidation sites excluding steroid dienone is 2. The molecule has 0 spiro atoms. The predicted octanol–water partition coefficient (Wildman–Crippen LogP) is 6.39. The Bertz CT molecular complexity index is 1590. The molecule has 39 heavy (non-hydrogen) atoms. The molecule has 198 valence electrons. The highest BCUT2D eigenvalue weighted by Gasteiger charge is 2.58. The minimum Gasteiger partial charge on any atom is -0.507 e. The Balaban J connectivity index is 1.68. The van der Waals surface area contributed by atoms with Crippen LogP contribution in [0.4, 0.5) is 0 Å². The van der Waals surface area contributed by atoms with Gasteiger partial charge in [0, 0.05) is 17.1 Å². The van der Waals surface area contributed by atoms with E-state index in [0.29, 0.717) is 22.4 Å². The van der Waals surface area contributed by atoms with Crippen molar-refractivity contribution in [3.8, 4) is 17.2 Å². The van der Waals surface area contributed by atoms with Gasteiger partial charge in [-0.1, -0.05) is 60.7 Å². The van der Waals surface area contributed by atoms with E-state index in [9.17, 15) is 19.5 Å². The fourth-order valence-corrected chi connectivity index (χ4v) is 6.36. The molecule has 3 aromatic carbocycles. The van der Waals surface area contributed by atoms with Crippen LogP contribution in [0.2, 0.25) is 0 Å². The normalized spacial score (nSPS) is 22.8. The van der Waals surface area contributed by atoms with Crippen LogP contribution in [0.15, 0.2) is 72.0 Å². The summed E-state index contributed by atoms with van der Waals surface area (Å²) in [6.45, 7) is 8.53. The first-order valence-corrected chi connectivity index (χ1v) is 13.2. The molecule has 2 unspecified atom stereocenters. The number of aromatic hydroxyl groups is 1. The summed E-state index contributed by atoms with van der Waals surface area (Å²) in [5.74, 6) is -0.852. The maximum Gasteiger partial charge on any atom is 0.176 e. The zero-order valence-corrected chi connectivity index (χ0v) is 22.6. The van der Waals surface area contributed by atoms with Crippen LogP contribution in [0.25, 0.3) is 0 Å². The van der Waals surface area contributed by atoms with Crippen molar-refractivity contribution in [1.29, 1.82) is 0 Å². The van der Waals surface area contributed by atoms with E-state index >= 15 is 0 Å². The largest absolute Gasteiger partial charge is 0.507 e. The van der Waals surface area contributed by atoms with Crippen LogP contribution < -0.4 is 9.47 Å². The number of Topliss-reactive ketones (excluding diaryl/α,β-unsaturated/α-hetero) is 3. The van der Waals surface area contributed by atoms with Gasteiger partial charge >= 0.3 is 0 Å². The lowest BCUT2D eigenvalue weighted by Gasteiger charge is -2.45. The third kappa shape index (κ3) is 3.43. The average molecular weight is 523 g/mol. The van der Waals surface area contributed by atoms with Crippen LogP contribution in [-0.4, -0.2) is 22.5 Å². The van der Waals surface area contributed by atoms with Gasteiger partial charge in [-0.2, -0.15) is 0 Å². The van der Waals surface area contributed by atoms with Crippen LogP contribution >= 0.6 is 0 Å². The highest BCUT2D eigenvalue weighted by molar-refractivity contribution is 6.20. The quantitative estimate of drug-likeness (QED) is 0.392. The summed E-state index contributed by atoms with van der Waals surface area (Å²) < 4.78 is 13.0. The summed E-state index contributed by atoms with van der Waals surface area (Å²) in [6, 6.07) is 19.0. The number of carbonyl (C=O) groups excluding carboxylic acids is 3. The molecule has 2 heterocycles. The van der Waals surface area contributed by atoms with E-state index < -0.39 is 22.9 Å². The van der Waals surface area contributed by atoms with Crippen LogP contribution in [0.3, 0.4) is 0 Å². The number of fused-ring (bicyclic) bond motifs is 3. The third-order valence-corrected chi connectivity index (χ3v) is 8.40. The molecular formula is C33H30O6. The van der Waals surface area contributed by atoms with Crippen molar-refractivity contribution in [1.82, 2.24) is 0 Å². The Hall–Kier alpha value is -4.19. The fourth-order valence-electron chi connectivity index (χ4n) is 6.36. The van der Waals surface area contributed by atoms with Crippen molar-refractivity contribution in [3.05, 3.63) is 99.8 Å². The Morgan fingerprint density at radius 3 is 2.03 bits per heavy atom. The second-order valence-electron chi connectivity index (χ2n) is 11.7. The lowest BCUT2D eigenvalue weighted by atomic mass is 9.59. The fraction of sp³-hybridized carbons (Fsp3) is 0.303. The number of hydrogen-bond donors (Lipinski definition) is 1. The van der Waals surface area contributed by atoms with Gasteiger partial charge in [0.1, 0.15) is 34.7 Å². The Morgan fingerprint density at radius 1 is 0.821 bits per heavy atom. The van der Waals surface area contributed by atoms with Crippen LogP contribution in [0, 0.1) is 17.8 Å². The number of phenolic OH excluding ortho intramolecular Hbond substituents is 1. The van der Waals surface area contributed by atoms with Crippen LogP contribution in [0.1, 0.15) is 78.7 Å². The Labute approximate surface area is 227 Å². The van der Waals surface area contributed by atoms with Crippen molar-refractivity contribution in [2.75, 3.05) is 0 Å². The number of carbonyl (C=O) groups is 3. The molecular weight excluding hydrogens is 492 g/mol. The summed E-state index contributed by atoms with van der Waals surface area (Å²) in [6.07, 6.45) is -0.498. The van der Waals surface area contributed by atoms with Gasteiger partial charge in [-0.05, 0) is 45.7 Å². The molecule has 0 saturated heterocycles. The number of rotatable bonds is 2. The molecule has 3 aromatic rings. The molecule has 2 aliphatic heterocycles. The minimum absolute atomic E-state index is 0.0705. The Morgan fingerprint density at radius 2 is 1.41 bits per heavy atom. The summed E-state index contributed by atoms with van der Waals surface area (Å²) in [5, 5.41) is 11.3. The van der Waals surface area contributed by atoms with Gasteiger partial charge in [0.05, 0.1) is 22.8 Å². The maximum absolute atomic E-state index is 14.1. The monoisotopic (exact) mass is 522 g/mol. The average Bonchev–Trinajstić information content (AvgIpc) is 2.93. The van der Waals surface area contributed by atoms with Crippen molar-refractivity contribution < 1.29 is 29.0 Å². The van der Waals surface area contributed by atoms with E-state index in [-0.39, 0.29) is 46.6 Å². The van der Waals surface area contributed by atoms with Gasteiger partial charge in [-0.25, -0.2) is 0 Å². The molecule has 1 aliphatic carbocycles. The lowest BCUT2D eigenvalue weighted by Crippen LogP contribution is -2.51. The summed E-state index contributed by atoms with van der Waals surface area (Å²) in [4.78, 5) is 41.3. The first kappa shape index (κ1) is 25.1. The van der Waals surface area contributed by atoms with E-state index in [1.54, 1.807) is 34.6 Å². The zero-order chi connectivity index (χ0) is 27.9. The first-order valence-electron chi connectivity index (χ1n) is 13.2. The lowest BCUT2D eigenvalue weighted by molar-refractivity contribution is -0.144. The number of hydrogen-bond acceptors (Lipinski definition) is 6. The molecule has 0 fully saturated rings. The van der Waals surface area contributed by atoms with Crippen LogP contribution in [-0.2, 0) is 9.59 Å². The number of benzene rings is 3. The molecule has 0 saturated carbocycles. The minimum atomic E-state index is -1.27. The molecule has 1 N–H and O–H groups in total. The molecule has 0 radical (unpaired) electrons. The zero-order valence-electron chi connectivity index (χ0n) is 22.6. The van der Waals surface area contributed by atoms with Crippen LogP contribution in [0.5, 0.6) is 17.2 Å². The van der Waals surface area contributed by atoms with Gasteiger partial charge in [-0.15, -0.1) is 0 Å². The van der Waals surface area contributed by atoms with Gasteiger partial charge in [0.25, 0.3) is 0 Å². The van der Waals surface area contributed by atoms with Crippen molar-refractivity contribution >= 4 is 17.3 Å². The number of phenols is 1. The first-order chi connectivity index (χ1) is 18.5. The second kappa shape index (κ2) is 8.40. The predicted molar refractivity (Wildman–Crippen MR) is 145 cm³/mol. The standard InChI is InChI=1S/C33H30O6/c1-17-26(35)23-20(34)16-21(18-12-8-6-9-13-18)38-28(23)24-22(19-14-10-7-11-15-19)25-29(36)32(2,3)31(37)33(4,5)30(25)39-27(17)24/h6-15,21-22,35H,16H2,1-5H3. The molecule has 2 atom stereocenters. The molecule has 3 aliphatic rings. The van der Waals surface area contributed by atoms with E-state index in [4.69, 9.17) is 9.47 Å². The van der Waals surface area contributed by atoms with Gasteiger partial charge in [0.2, 0.25) is 0 Å². The summed E-state index contributed by atoms with van der Waals surface area (Å²) in [5.41, 5.74) is 0.636.